The molecule has 0 saturated heterocycles. The van der Waals surface area contributed by atoms with Gasteiger partial charge < -0.3 is 9.92 Å². The van der Waals surface area contributed by atoms with Gasteiger partial charge in [-0.2, -0.15) is 8.42 Å². The maximum absolute atomic E-state index is 12.4. The fraction of sp³-hybridized carbons (Fsp3) is 0.250. The van der Waals surface area contributed by atoms with Crippen LogP contribution in [0.2, 0.25) is 0 Å². The number of nitrogens with zero attached hydrogens (tertiary/aromatic N) is 3. The molecule has 0 unspecified atom stereocenters. The lowest BCUT2D eigenvalue weighted by Gasteiger charge is -2.09. The summed E-state index contributed by atoms with van der Waals surface area (Å²) in [4.78, 5) is 2.57. The maximum Gasteiger partial charge on any atom is 0.488 e. The highest BCUT2D eigenvalue weighted by molar-refractivity contribution is 7.81. The van der Waals surface area contributed by atoms with E-state index in [0.717, 1.165) is 0 Å². The van der Waals surface area contributed by atoms with Crippen LogP contribution in [0.1, 0.15) is 11.1 Å². The first-order valence-electron chi connectivity index (χ1n) is 4.40. The summed E-state index contributed by atoms with van der Waals surface area (Å²) in [6, 6.07) is 2.73. The summed E-state index contributed by atoms with van der Waals surface area (Å²) < 4.78 is 37.3. The summed E-state index contributed by atoms with van der Waals surface area (Å²) >= 11 is 0. The second-order valence-electron chi connectivity index (χ2n) is 3.11. The molecule has 0 fully saturated rings. The van der Waals surface area contributed by atoms with Gasteiger partial charge in [-0.3, -0.25) is 0 Å². The molecule has 0 heterocycles. The summed E-state index contributed by atoms with van der Waals surface area (Å²) in [7, 11) is -5.13. The van der Waals surface area contributed by atoms with E-state index in [1.54, 1.807) is 0 Å². The topological polar surface area (TPSA) is 118 Å². The van der Waals surface area contributed by atoms with Gasteiger partial charge in [0.2, 0.25) is 0 Å². The SMILES string of the molecule is Cc1c(N=[N+]=[N-])cc(CN)cc1OS(=O)(=O)F. The van der Waals surface area contributed by atoms with Gasteiger partial charge in [-0.05, 0) is 30.2 Å². The Morgan fingerprint density at radius 3 is 2.71 bits per heavy atom. The van der Waals surface area contributed by atoms with Gasteiger partial charge >= 0.3 is 10.5 Å². The third kappa shape index (κ3) is 3.59. The zero-order chi connectivity index (χ0) is 13.1. The quantitative estimate of drug-likeness (QED) is 0.385. The molecule has 2 N–H and O–H groups in total. The van der Waals surface area contributed by atoms with E-state index in [4.69, 9.17) is 11.3 Å². The molecule has 0 atom stereocenters. The fourth-order valence-corrected chi connectivity index (χ4v) is 1.58. The van der Waals surface area contributed by atoms with Gasteiger partial charge in [0.1, 0.15) is 5.75 Å². The van der Waals surface area contributed by atoms with Crippen molar-refractivity contribution in [3.63, 3.8) is 0 Å². The molecule has 9 heteroatoms. The molecule has 17 heavy (non-hydrogen) atoms. The van der Waals surface area contributed by atoms with Crippen molar-refractivity contribution in [3.8, 4) is 5.75 Å². The molecule has 0 saturated carbocycles. The van der Waals surface area contributed by atoms with Gasteiger partial charge in [-0.1, -0.05) is 9.00 Å². The highest BCUT2D eigenvalue weighted by Crippen LogP contribution is 2.31. The third-order valence-corrected chi connectivity index (χ3v) is 2.35. The number of hydrogen-bond acceptors (Lipinski definition) is 5. The van der Waals surface area contributed by atoms with E-state index >= 15 is 0 Å². The average molecular weight is 260 g/mol. The Hall–Kier alpha value is -1.83. The van der Waals surface area contributed by atoms with Crippen LogP contribution in [-0.2, 0) is 17.0 Å². The first kappa shape index (κ1) is 13.2. The summed E-state index contributed by atoms with van der Waals surface area (Å²) in [5.74, 6) is -0.252. The Labute approximate surface area is 97.0 Å². The van der Waals surface area contributed by atoms with Crippen LogP contribution >= 0.6 is 0 Å². The van der Waals surface area contributed by atoms with E-state index in [1.165, 1.54) is 19.1 Å². The summed E-state index contributed by atoms with van der Waals surface area (Å²) in [5, 5.41) is 3.33. The first-order chi connectivity index (χ1) is 7.87. The van der Waals surface area contributed by atoms with Crippen LogP contribution in [0.15, 0.2) is 17.2 Å². The smallest absolute Gasteiger partial charge is 0.358 e. The fourth-order valence-electron chi connectivity index (χ4n) is 1.19. The van der Waals surface area contributed by atoms with E-state index < -0.39 is 10.5 Å². The van der Waals surface area contributed by atoms with Crippen LogP contribution in [0.4, 0.5) is 9.57 Å². The van der Waals surface area contributed by atoms with Gasteiger partial charge in [0.15, 0.2) is 0 Å². The Morgan fingerprint density at radius 2 is 2.24 bits per heavy atom. The highest BCUT2D eigenvalue weighted by Gasteiger charge is 2.14. The van der Waals surface area contributed by atoms with Crippen molar-refractivity contribution < 1.29 is 16.5 Å². The van der Waals surface area contributed by atoms with Crippen molar-refractivity contribution in [1.82, 2.24) is 0 Å². The Bertz CT molecular complexity index is 581. The summed E-state index contributed by atoms with van der Waals surface area (Å²) in [6.07, 6.45) is 0. The molecule has 0 aliphatic carbocycles. The molecule has 1 aromatic carbocycles. The van der Waals surface area contributed by atoms with Gasteiger partial charge in [0.05, 0.1) is 0 Å². The molecule has 0 spiro atoms. The standard InChI is InChI=1S/C8H9FN4O3S/c1-5-7(12-13-11)2-6(4-10)3-8(5)16-17(9,14)15/h2-3H,4,10H2,1H3. The van der Waals surface area contributed by atoms with Crippen molar-refractivity contribution in [1.29, 1.82) is 0 Å². The van der Waals surface area contributed by atoms with Gasteiger partial charge in [0.25, 0.3) is 0 Å². The summed E-state index contributed by atoms with van der Waals surface area (Å²) in [5.41, 5.74) is 14.5. The molecule has 0 radical (unpaired) electrons. The predicted molar refractivity (Wildman–Crippen MR) is 58.5 cm³/mol. The van der Waals surface area contributed by atoms with E-state index in [2.05, 4.69) is 14.2 Å². The minimum Gasteiger partial charge on any atom is -0.358 e. The Morgan fingerprint density at radius 1 is 1.59 bits per heavy atom. The second-order valence-corrected chi connectivity index (χ2v) is 4.06. The minimum absolute atomic E-state index is 0.0664. The van der Waals surface area contributed by atoms with Gasteiger partial charge in [0, 0.05) is 22.7 Å². The zero-order valence-corrected chi connectivity index (χ0v) is 9.61. The monoisotopic (exact) mass is 260 g/mol. The van der Waals surface area contributed by atoms with Crippen LogP contribution in [0.25, 0.3) is 10.4 Å². The van der Waals surface area contributed by atoms with E-state index in [1.807, 2.05) is 0 Å². The van der Waals surface area contributed by atoms with E-state index in [0.29, 0.717) is 5.56 Å². The van der Waals surface area contributed by atoms with Crippen LogP contribution < -0.4 is 9.92 Å². The maximum atomic E-state index is 12.4. The van der Waals surface area contributed by atoms with E-state index in [9.17, 15) is 12.3 Å². The molecular formula is C8H9FN4O3S. The zero-order valence-electron chi connectivity index (χ0n) is 8.79. The number of halogens is 1. The molecule has 7 nitrogen and oxygen atoms in total. The molecule has 92 valence electrons. The number of benzene rings is 1. The second kappa shape index (κ2) is 5.00. The van der Waals surface area contributed by atoms with Crippen molar-refractivity contribution in [3.05, 3.63) is 33.7 Å². The molecule has 0 aliphatic rings. The van der Waals surface area contributed by atoms with Crippen molar-refractivity contribution in [2.75, 3.05) is 0 Å². The number of rotatable bonds is 4. The molecule has 0 aliphatic heterocycles. The largest absolute Gasteiger partial charge is 0.488 e. The third-order valence-electron chi connectivity index (χ3n) is 1.97. The van der Waals surface area contributed by atoms with Gasteiger partial charge in [-0.25, -0.2) is 0 Å². The molecule has 0 aromatic heterocycles. The number of nitrogens with two attached hydrogens (primary N) is 1. The Balaban J connectivity index is 3.38. The summed E-state index contributed by atoms with van der Waals surface area (Å²) in [6.45, 7) is 1.50. The van der Waals surface area contributed by atoms with Crippen LogP contribution in [0.5, 0.6) is 5.75 Å². The average Bonchev–Trinajstić information content (AvgIpc) is 2.22. The van der Waals surface area contributed by atoms with Crippen molar-refractivity contribution in [2.24, 2.45) is 10.8 Å². The Kier molecular flexibility index (Phi) is 3.89. The molecule has 1 aromatic rings. The van der Waals surface area contributed by atoms with Crippen LogP contribution in [0.3, 0.4) is 0 Å². The normalized spacial score (nSPS) is 10.8. The molecule has 1 rings (SSSR count). The van der Waals surface area contributed by atoms with Crippen LogP contribution in [0, 0.1) is 6.92 Å². The lowest BCUT2D eigenvalue weighted by atomic mass is 10.1. The van der Waals surface area contributed by atoms with Gasteiger partial charge in [-0.15, -0.1) is 0 Å². The van der Waals surface area contributed by atoms with E-state index in [-0.39, 0.29) is 23.5 Å². The van der Waals surface area contributed by atoms with Crippen molar-refractivity contribution >= 4 is 16.2 Å². The minimum atomic E-state index is -5.13. The highest BCUT2D eigenvalue weighted by atomic mass is 32.3. The predicted octanol–water partition coefficient (Wildman–Crippen LogP) is 1.99. The molecule has 0 bridgehead atoms. The van der Waals surface area contributed by atoms with Crippen LogP contribution in [-0.4, -0.2) is 8.42 Å². The molecule has 0 amide bonds. The van der Waals surface area contributed by atoms with Crippen molar-refractivity contribution in [2.45, 2.75) is 13.5 Å². The lowest BCUT2D eigenvalue weighted by Crippen LogP contribution is -2.04. The number of azide groups is 1. The first-order valence-corrected chi connectivity index (χ1v) is 5.71. The molecular weight excluding hydrogens is 251 g/mol. The number of hydrogen-bond donors (Lipinski definition) is 1. The lowest BCUT2D eigenvalue weighted by molar-refractivity contribution is 0.438.